The molecule has 0 aliphatic carbocycles. The number of rotatable bonds is 5. The number of hydrogen-bond acceptors (Lipinski definition) is 3. The molecule has 2 N–H and O–H groups in total. The van der Waals surface area contributed by atoms with Gasteiger partial charge in [-0.25, -0.2) is 8.42 Å². The Morgan fingerprint density at radius 3 is 2.18 bits per heavy atom. The smallest absolute Gasteiger partial charge is 0.261 e. The fourth-order valence-electron chi connectivity index (χ4n) is 2.54. The van der Waals surface area contributed by atoms with Gasteiger partial charge < -0.3 is 5.32 Å². The van der Waals surface area contributed by atoms with Gasteiger partial charge in [-0.05, 0) is 67.9 Å². The molecule has 7 heteroatoms. The Morgan fingerprint density at radius 2 is 1.54 bits per heavy atom. The minimum absolute atomic E-state index is 0.177. The van der Waals surface area contributed by atoms with Gasteiger partial charge in [0.15, 0.2) is 0 Å². The molecule has 0 spiro atoms. The van der Waals surface area contributed by atoms with Gasteiger partial charge in [-0.3, -0.25) is 9.52 Å². The summed E-state index contributed by atoms with van der Waals surface area (Å²) in [6.07, 6.45) is 0. The van der Waals surface area contributed by atoms with Gasteiger partial charge in [0.1, 0.15) is 0 Å². The van der Waals surface area contributed by atoms with Crippen LogP contribution in [0.4, 0.5) is 11.4 Å². The Morgan fingerprint density at radius 1 is 0.893 bits per heavy atom. The highest BCUT2D eigenvalue weighted by molar-refractivity contribution is 7.92. The van der Waals surface area contributed by atoms with Gasteiger partial charge >= 0.3 is 0 Å². The molecule has 0 fully saturated rings. The molecule has 0 radical (unpaired) electrons. The molecule has 28 heavy (non-hydrogen) atoms. The molecule has 1 amide bonds. The van der Waals surface area contributed by atoms with Gasteiger partial charge in [0.2, 0.25) is 0 Å². The molecule has 3 aromatic rings. The summed E-state index contributed by atoms with van der Waals surface area (Å²) in [7, 11) is -3.69. The Hall–Kier alpha value is -2.83. The molecule has 0 saturated heterocycles. The van der Waals surface area contributed by atoms with E-state index in [1.165, 1.54) is 0 Å². The predicted molar refractivity (Wildman–Crippen MR) is 113 cm³/mol. The largest absolute Gasteiger partial charge is 0.322 e. The second-order valence-corrected chi connectivity index (χ2v) is 8.53. The summed E-state index contributed by atoms with van der Waals surface area (Å²) in [5, 5.41) is 3.33. The number of nitrogens with one attached hydrogen (secondary N) is 2. The third-order valence-electron chi connectivity index (χ3n) is 4.18. The fourth-order valence-corrected chi connectivity index (χ4v) is 3.78. The van der Waals surface area contributed by atoms with Crippen LogP contribution in [0.5, 0.6) is 0 Å². The van der Waals surface area contributed by atoms with Crippen molar-refractivity contribution in [2.45, 2.75) is 18.7 Å². The third-order valence-corrected chi connectivity index (χ3v) is 5.81. The number of aryl methyl sites for hydroxylation is 2. The van der Waals surface area contributed by atoms with Crippen LogP contribution in [0, 0.1) is 13.8 Å². The number of carbonyl (C=O) groups excluding carboxylic acids is 1. The molecule has 0 aliphatic rings. The van der Waals surface area contributed by atoms with Crippen LogP contribution in [-0.4, -0.2) is 14.3 Å². The van der Waals surface area contributed by atoms with Gasteiger partial charge in [0.05, 0.1) is 4.90 Å². The molecule has 5 nitrogen and oxygen atoms in total. The lowest BCUT2D eigenvalue weighted by Crippen LogP contribution is -2.14. The van der Waals surface area contributed by atoms with Crippen molar-refractivity contribution >= 4 is 38.9 Å². The number of halogens is 1. The van der Waals surface area contributed by atoms with Crippen molar-refractivity contribution in [1.29, 1.82) is 0 Å². The number of benzene rings is 3. The quantitative estimate of drug-likeness (QED) is 0.616. The Labute approximate surface area is 169 Å². The normalized spacial score (nSPS) is 11.1. The first-order valence-corrected chi connectivity index (χ1v) is 10.4. The number of sulfonamides is 1. The molecule has 0 saturated carbocycles. The molecule has 0 atom stereocenters. The molecule has 0 heterocycles. The van der Waals surface area contributed by atoms with Crippen LogP contribution >= 0.6 is 11.6 Å². The summed E-state index contributed by atoms with van der Waals surface area (Å²) in [5.74, 6) is -0.307. The van der Waals surface area contributed by atoms with Gasteiger partial charge in [-0.2, -0.15) is 0 Å². The highest BCUT2D eigenvalue weighted by atomic mass is 35.5. The van der Waals surface area contributed by atoms with Gasteiger partial charge in [-0.15, -0.1) is 0 Å². The van der Waals surface area contributed by atoms with Gasteiger partial charge in [0.25, 0.3) is 15.9 Å². The van der Waals surface area contributed by atoms with Crippen LogP contribution in [0.25, 0.3) is 0 Å². The van der Waals surface area contributed by atoms with E-state index in [1.807, 2.05) is 19.9 Å². The molecule has 3 aromatic carbocycles. The zero-order valence-electron chi connectivity index (χ0n) is 15.4. The predicted octanol–water partition coefficient (Wildman–Crippen LogP) is 5.01. The maximum absolute atomic E-state index is 12.4. The molecular weight excluding hydrogens is 396 g/mol. The van der Waals surface area contributed by atoms with Crippen molar-refractivity contribution in [3.05, 3.63) is 88.4 Å². The van der Waals surface area contributed by atoms with Crippen LogP contribution in [0.1, 0.15) is 21.5 Å². The van der Waals surface area contributed by atoms with Crippen molar-refractivity contribution in [2.75, 3.05) is 10.0 Å². The maximum atomic E-state index is 12.4. The van der Waals surface area contributed by atoms with Crippen molar-refractivity contribution in [2.24, 2.45) is 0 Å². The van der Waals surface area contributed by atoms with Crippen LogP contribution in [0.2, 0.25) is 5.02 Å². The van der Waals surface area contributed by atoms with Crippen molar-refractivity contribution in [3.63, 3.8) is 0 Å². The average Bonchev–Trinajstić information content (AvgIpc) is 2.65. The van der Waals surface area contributed by atoms with Crippen LogP contribution < -0.4 is 10.0 Å². The molecule has 144 valence electrons. The fraction of sp³-hybridized carbons (Fsp3) is 0.0952. The summed E-state index contributed by atoms with van der Waals surface area (Å²) in [6, 6.07) is 18.0. The van der Waals surface area contributed by atoms with Crippen molar-refractivity contribution in [3.8, 4) is 0 Å². The highest BCUT2D eigenvalue weighted by Crippen LogP contribution is 2.22. The topological polar surface area (TPSA) is 75.3 Å². The van der Waals surface area contributed by atoms with Gasteiger partial charge in [0, 0.05) is 22.0 Å². The van der Waals surface area contributed by atoms with E-state index < -0.39 is 10.0 Å². The van der Waals surface area contributed by atoms with Crippen molar-refractivity contribution in [1.82, 2.24) is 0 Å². The number of amides is 1. The second-order valence-electron chi connectivity index (χ2n) is 6.41. The molecule has 0 unspecified atom stereocenters. The summed E-state index contributed by atoms with van der Waals surface area (Å²) in [6.45, 7) is 3.76. The number of carbonyl (C=O) groups is 1. The van der Waals surface area contributed by atoms with Crippen LogP contribution in [0.15, 0.2) is 71.6 Å². The maximum Gasteiger partial charge on any atom is 0.261 e. The highest BCUT2D eigenvalue weighted by Gasteiger charge is 2.14. The summed E-state index contributed by atoms with van der Waals surface area (Å²) in [4.78, 5) is 12.6. The van der Waals surface area contributed by atoms with E-state index in [-0.39, 0.29) is 10.8 Å². The summed E-state index contributed by atoms with van der Waals surface area (Å²) in [5.41, 5.74) is 3.26. The minimum Gasteiger partial charge on any atom is -0.322 e. The second kappa shape index (κ2) is 8.04. The average molecular weight is 415 g/mol. The standard InChI is InChI=1S/C21H19ClN2O3S/c1-14-3-11-19(12-4-14)28(26,27)24-18-9-6-16(7-10-18)21(25)23-20-13-17(22)8-5-15(20)2/h3-13,24H,1-2H3,(H,23,25). The first kappa shape index (κ1) is 19.9. The molecular formula is C21H19ClN2O3S. The van der Waals surface area contributed by atoms with E-state index in [1.54, 1.807) is 60.7 Å². The monoisotopic (exact) mass is 414 g/mol. The van der Waals surface area contributed by atoms with E-state index in [4.69, 9.17) is 11.6 Å². The number of hydrogen-bond donors (Lipinski definition) is 2. The summed E-state index contributed by atoms with van der Waals surface area (Å²) >= 11 is 5.97. The van der Waals surface area contributed by atoms with E-state index in [9.17, 15) is 13.2 Å². The van der Waals surface area contributed by atoms with Crippen LogP contribution in [0.3, 0.4) is 0 Å². The van der Waals surface area contributed by atoms with Crippen LogP contribution in [-0.2, 0) is 10.0 Å². The van der Waals surface area contributed by atoms with E-state index in [0.717, 1.165) is 11.1 Å². The Balaban J connectivity index is 1.73. The van der Waals surface area contributed by atoms with Crippen molar-refractivity contribution < 1.29 is 13.2 Å². The Bertz CT molecular complexity index is 1110. The first-order chi connectivity index (χ1) is 13.2. The molecule has 0 aliphatic heterocycles. The first-order valence-electron chi connectivity index (χ1n) is 8.52. The zero-order valence-corrected chi connectivity index (χ0v) is 16.9. The summed E-state index contributed by atoms with van der Waals surface area (Å²) < 4.78 is 27.4. The molecule has 3 rings (SSSR count). The van der Waals surface area contributed by atoms with Gasteiger partial charge in [-0.1, -0.05) is 35.4 Å². The lowest BCUT2D eigenvalue weighted by atomic mass is 10.1. The van der Waals surface area contributed by atoms with E-state index in [2.05, 4.69) is 10.0 Å². The minimum atomic E-state index is -3.69. The third kappa shape index (κ3) is 4.71. The molecule has 0 bridgehead atoms. The van der Waals surface area contributed by atoms with E-state index >= 15 is 0 Å². The zero-order chi connectivity index (χ0) is 20.3. The number of anilines is 2. The lowest BCUT2D eigenvalue weighted by molar-refractivity contribution is 0.102. The Kier molecular flexibility index (Phi) is 5.72. The molecule has 0 aromatic heterocycles. The lowest BCUT2D eigenvalue weighted by Gasteiger charge is -2.11. The SMILES string of the molecule is Cc1ccc(S(=O)(=O)Nc2ccc(C(=O)Nc3cc(Cl)ccc3C)cc2)cc1. The van der Waals surface area contributed by atoms with E-state index in [0.29, 0.717) is 22.0 Å².